The van der Waals surface area contributed by atoms with Gasteiger partial charge in [0.2, 0.25) is 0 Å². The second kappa shape index (κ2) is 26.7. The first-order chi connectivity index (χ1) is 30.2. The molecule has 330 valence electrons. The Kier molecular flexibility index (Phi) is 21.8. The maximum atomic E-state index is 4.93. The Morgan fingerprint density at radius 1 is 0.500 bits per heavy atom. The molecule has 6 aromatic rings. The third kappa shape index (κ3) is 15.5. The summed E-state index contributed by atoms with van der Waals surface area (Å²) in [5.74, 6) is 0. The van der Waals surface area contributed by atoms with Crippen molar-refractivity contribution in [1.29, 1.82) is 0 Å². The van der Waals surface area contributed by atoms with E-state index in [1.165, 1.54) is 182 Å². The first kappa shape index (κ1) is 50.8. The third-order valence-corrected chi connectivity index (χ3v) is 13.9. The van der Waals surface area contributed by atoms with Crippen LogP contribution in [0.4, 0.5) is 0 Å². The molecule has 4 heteroatoms. The zero-order valence-electron chi connectivity index (χ0n) is 39.3. The van der Waals surface area contributed by atoms with Gasteiger partial charge in [0, 0.05) is 9.52 Å². The molecule has 0 bridgehead atoms. The van der Waals surface area contributed by atoms with E-state index in [2.05, 4.69) is 150 Å². The van der Waals surface area contributed by atoms with Gasteiger partial charge in [-0.2, -0.15) is 12.1 Å². The van der Waals surface area contributed by atoms with Gasteiger partial charge in [0.05, 0.1) is 0 Å². The fourth-order valence-corrected chi connectivity index (χ4v) is 10.4. The van der Waals surface area contributed by atoms with E-state index in [0.717, 1.165) is 22.4 Å². The number of hydrogen-bond acceptors (Lipinski definition) is 0. The zero-order chi connectivity index (χ0) is 44.2. The number of halogens is 2. The van der Waals surface area contributed by atoms with Crippen molar-refractivity contribution < 1.29 is 20.8 Å². The number of fused-ring (bicyclic) bond motifs is 2. The number of hydrogen-bond donors (Lipinski definition) is 0. The summed E-state index contributed by atoms with van der Waals surface area (Å²) in [6, 6.07) is 41.7. The molecule has 0 aromatic heterocycles. The van der Waals surface area contributed by atoms with Crippen molar-refractivity contribution >= 4 is 48.1 Å². The first-order valence-electron chi connectivity index (χ1n) is 24.3. The molecule has 0 atom stereocenters. The summed E-state index contributed by atoms with van der Waals surface area (Å²) < 4.78 is 0. The summed E-state index contributed by atoms with van der Waals surface area (Å²) in [5, 5.41) is 5.65. The molecule has 0 N–H and O–H groups in total. The molecule has 2 saturated carbocycles. The molecule has 2 aliphatic rings. The fraction of sp³-hybridized carbons (Fsp3) is 0.483. The van der Waals surface area contributed by atoms with Crippen LogP contribution in [0.2, 0.25) is 13.1 Å². The van der Waals surface area contributed by atoms with E-state index in [4.69, 9.17) is 17.0 Å². The average Bonchev–Trinajstić information content (AvgIpc) is 3.93. The van der Waals surface area contributed by atoms with Gasteiger partial charge in [0.15, 0.2) is 0 Å². The van der Waals surface area contributed by atoms with Crippen LogP contribution in [0.15, 0.2) is 109 Å². The molecule has 0 unspecified atom stereocenters. The quantitative estimate of drug-likeness (QED) is 0.105. The molecule has 2 radical (unpaired) electrons. The molecular weight excluding hydrogens is 887 g/mol. The molecule has 0 spiro atoms. The van der Waals surface area contributed by atoms with Crippen molar-refractivity contribution in [2.75, 3.05) is 0 Å². The van der Waals surface area contributed by atoms with Crippen LogP contribution in [0.3, 0.4) is 0 Å². The Morgan fingerprint density at radius 2 is 0.806 bits per heavy atom. The van der Waals surface area contributed by atoms with E-state index in [1.54, 1.807) is 0 Å². The third-order valence-electron chi connectivity index (χ3n) is 13.9. The van der Waals surface area contributed by atoms with Crippen LogP contribution in [-0.4, -0.2) is 9.52 Å². The van der Waals surface area contributed by atoms with E-state index >= 15 is 0 Å². The monoisotopic (exact) mass is 960 g/mol. The van der Waals surface area contributed by atoms with Crippen LogP contribution in [0.5, 0.6) is 0 Å². The van der Waals surface area contributed by atoms with Crippen molar-refractivity contribution in [2.45, 2.75) is 169 Å². The summed E-state index contributed by atoms with van der Waals surface area (Å²) >= 11 is -0.826. The van der Waals surface area contributed by atoms with Crippen LogP contribution < -0.4 is 0 Å². The normalized spacial score (nSPS) is 16.5. The summed E-state index contributed by atoms with van der Waals surface area (Å²) in [5.41, 5.74) is 12.3. The Hall–Kier alpha value is -2.22. The molecule has 0 nitrogen and oxygen atoms in total. The van der Waals surface area contributed by atoms with E-state index in [-0.39, 0.29) is 0 Å². The number of rotatable bonds is 8. The standard InChI is InChI=1S/2C28H35.C2H6Si.2ClH.Zr/c2*1-3-22-13-15-24(16-14-22)26-12-10-11-25-19-23(20-27(25)26)21-28(2)17-8-6-4-5-7-9-18-28;1-3-2;;;/h2*10-16,19-20H,3-9,17-18,21H2,1-2H3;1-2H3;2*1H;/q2*-1;;;;+4/p-2. The second-order valence-corrected chi connectivity index (χ2v) is 24.0. The summed E-state index contributed by atoms with van der Waals surface area (Å²) in [7, 11) is 11.0. The Morgan fingerprint density at radius 3 is 1.11 bits per heavy atom. The Labute approximate surface area is 399 Å². The molecule has 0 aliphatic heterocycles. The molecular formula is C58H76Cl2SiZr. The molecule has 8 rings (SSSR count). The molecule has 2 aliphatic carbocycles. The zero-order valence-corrected chi connectivity index (χ0v) is 44.3. The maximum absolute atomic E-state index is 4.93. The van der Waals surface area contributed by atoms with Crippen molar-refractivity contribution in [3.63, 3.8) is 0 Å². The summed E-state index contributed by atoms with van der Waals surface area (Å²) in [4.78, 5) is 0. The molecule has 6 aromatic carbocycles. The van der Waals surface area contributed by atoms with Crippen molar-refractivity contribution in [2.24, 2.45) is 10.8 Å². The average molecular weight is 963 g/mol. The molecule has 0 saturated heterocycles. The number of benzene rings is 4. The fourth-order valence-electron chi connectivity index (χ4n) is 10.4. The van der Waals surface area contributed by atoms with Gasteiger partial charge >= 0.3 is 37.9 Å². The summed E-state index contributed by atoms with van der Waals surface area (Å²) in [6.07, 6.45) is 27.3. The van der Waals surface area contributed by atoms with E-state index in [1.807, 2.05) is 0 Å². The predicted octanol–water partition coefficient (Wildman–Crippen LogP) is 19.1. The van der Waals surface area contributed by atoms with Crippen LogP contribution in [-0.2, 0) is 46.5 Å². The van der Waals surface area contributed by atoms with Gasteiger partial charge < -0.3 is 0 Å². The molecule has 0 amide bonds. The Bertz CT molecular complexity index is 1980. The van der Waals surface area contributed by atoms with Gasteiger partial charge in [-0.1, -0.05) is 190 Å². The number of aryl methyl sites for hydroxylation is 2. The van der Waals surface area contributed by atoms with E-state index in [0.29, 0.717) is 10.8 Å². The minimum atomic E-state index is -0.826. The van der Waals surface area contributed by atoms with E-state index < -0.39 is 20.8 Å². The first-order valence-corrected chi connectivity index (χ1v) is 32.6. The van der Waals surface area contributed by atoms with Crippen molar-refractivity contribution in [3.8, 4) is 22.3 Å². The minimum absolute atomic E-state index is 0.470. The topological polar surface area (TPSA) is 0 Å². The molecule has 2 fully saturated rings. The SMILES string of the molecule is CCc1ccc(-c2cccc3[cH-]c(CC4(C)CCCCCCCC4)cc23)cc1.CCc1ccc(-c2cccc3[cH-]c(CC4(C)CCCCCCCC4)cc23)cc1.C[Si]C.[Cl][Zr+2][Cl]. The van der Waals surface area contributed by atoms with Crippen LogP contribution in [0.1, 0.15) is 153 Å². The Balaban J connectivity index is 0.000000208. The van der Waals surface area contributed by atoms with Gasteiger partial charge in [0.1, 0.15) is 0 Å². The van der Waals surface area contributed by atoms with Crippen molar-refractivity contribution in [1.82, 2.24) is 0 Å². The van der Waals surface area contributed by atoms with Crippen LogP contribution >= 0.6 is 17.0 Å². The van der Waals surface area contributed by atoms with Gasteiger partial charge in [0.25, 0.3) is 0 Å². The molecule has 0 heterocycles. The van der Waals surface area contributed by atoms with E-state index in [9.17, 15) is 0 Å². The van der Waals surface area contributed by atoms with Crippen LogP contribution in [0.25, 0.3) is 43.8 Å². The predicted molar refractivity (Wildman–Crippen MR) is 275 cm³/mol. The second-order valence-electron chi connectivity index (χ2n) is 19.2. The van der Waals surface area contributed by atoms with Gasteiger partial charge in [-0.05, 0) is 84.5 Å². The van der Waals surface area contributed by atoms with Gasteiger partial charge in [-0.15, -0.1) is 69.1 Å². The molecule has 62 heavy (non-hydrogen) atoms. The van der Waals surface area contributed by atoms with Crippen LogP contribution in [0, 0.1) is 10.8 Å². The van der Waals surface area contributed by atoms with Crippen molar-refractivity contribution in [3.05, 3.63) is 131 Å². The van der Waals surface area contributed by atoms with Gasteiger partial charge in [-0.25, -0.2) is 0 Å². The van der Waals surface area contributed by atoms with Gasteiger partial charge in [-0.3, -0.25) is 0 Å². The summed E-state index contributed by atoms with van der Waals surface area (Å²) in [6.45, 7) is 13.8.